The summed E-state index contributed by atoms with van der Waals surface area (Å²) < 4.78 is 6.56. The molecule has 8 heteroatoms. The van der Waals surface area contributed by atoms with Crippen LogP contribution < -0.4 is 11.2 Å². The van der Waals surface area contributed by atoms with Crippen LogP contribution in [0.25, 0.3) is 0 Å². The summed E-state index contributed by atoms with van der Waals surface area (Å²) in [7, 11) is 0. The summed E-state index contributed by atoms with van der Waals surface area (Å²) in [5.74, 6) is -1.28. The van der Waals surface area contributed by atoms with Crippen LogP contribution in [0.3, 0.4) is 0 Å². The minimum atomic E-state index is -1.28. The summed E-state index contributed by atoms with van der Waals surface area (Å²) in [6.45, 7) is 2.72. The Morgan fingerprint density at radius 1 is 1.26 bits per heavy atom. The van der Waals surface area contributed by atoms with Crippen molar-refractivity contribution in [2.75, 3.05) is 19.7 Å². The molecule has 0 saturated carbocycles. The van der Waals surface area contributed by atoms with Crippen molar-refractivity contribution < 1.29 is 14.6 Å². The monoisotopic (exact) mass is 323 g/mol. The van der Waals surface area contributed by atoms with E-state index in [0.29, 0.717) is 6.61 Å². The van der Waals surface area contributed by atoms with Gasteiger partial charge in [-0.1, -0.05) is 0 Å². The molecule has 0 aromatic carbocycles. The molecule has 1 atom stereocenters. The molecule has 0 aliphatic carbocycles. The van der Waals surface area contributed by atoms with E-state index in [1.165, 1.54) is 0 Å². The average Bonchev–Trinajstić information content (AvgIpc) is 3.19. The highest BCUT2D eigenvalue weighted by molar-refractivity contribution is 5.86. The van der Waals surface area contributed by atoms with Crippen LogP contribution in [-0.4, -0.2) is 51.3 Å². The Labute approximate surface area is 132 Å². The molecular formula is C15H21N3O5. The maximum atomic E-state index is 12.7. The number of aromatic carboxylic acids is 1. The lowest BCUT2D eigenvalue weighted by Gasteiger charge is -2.17. The summed E-state index contributed by atoms with van der Waals surface area (Å²) in [5, 5.41) is 9.30. The number of aromatic nitrogens is 2. The van der Waals surface area contributed by atoms with Gasteiger partial charge in [-0.05, 0) is 38.8 Å². The first-order chi connectivity index (χ1) is 11.1. The Morgan fingerprint density at radius 3 is 2.61 bits per heavy atom. The fourth-order valence-electron chi connectivity index (χ4n) is 3.26. The first-order valence-corrected chi connectivity index (χ1v) is 7.99. The molecule has 23 heavy (non-hydrogen) atoms. The van der Waals surface area contributed by atoms with E-state index in [1.807, 2.05) is 4.90 Å². The predicted octanol–water partition coefficient (Wildman–Crippen LogP) is 0.00960. The van der Waals surface area contributed by atoms with Gasteiger partial charge in [-0.25, -0.2) is 9.59 Å². The van der Waals surface area contributed by atoms with Crippen molar-refractivity contribution in [1.82, 2.24) is 14.5 Å². The number of hydrogen-bond acceptors (Lipinski definition) is 5. The van der Waals surface area contributed by atoms with Crippen molar-refractivity contribution >= 4 is 5.97 Å². The number of ether oxygens (including phenoxy) is 1. The third-order valence-corrected chi connectivity index (χ3v) is 4.49. The standard InChI is InChI=1S/C15H21N3O5/c19-13-11(9-17-5-1-2-6-17)12(14(20)21)16-15(22)18(13)8-10-4-3-7-23-10/h10H,1-9H2,(H,16,22)(H,20,21). The van der Waals surface area contributed by atoms with E-state index in [-0.39, 0.29) is 30.5 Å². The quantitative estimate of drug-likeness (QED) is 0.791. The number of aromatic amines is 1. The predicted molar refractivity (Wildman–Crippen MR) is 81.8 cm³/mol. The minimum Gasteiger partial charge on any atom is -0.477 e. The molecule has 1 unspecified atom stereocenters. The molecule has 126 valence electrons. The molecule has 2 aliphatic rings. The smallest absolute Gasteiger partial charge is 0.352 e. The minimum absolute atomic E-state index is 0.150. The van der Waals surface area contributed by atoms with E-state index in [2.05, 4.69) is 4.98 Å². The fourth-order valence-corrected chi connectivity index (χ4v) is 3.26. The van der Waals surface area contributed by atoms with Gasteiger partial charge < -0.3 is 14.8 Å². The van der Waals surface area contributed by atoms with Crippen LogP contribution in [0.15, 0.2) is 9.59 Å². The normalized spacial score (nSPS) is 21.8. The van der Waals surface area contributed by atoms with Gasteiger partial charge in [0.05, 0.1) is 18.2 Å². The molecule has 2 fully saturated rings. The first kappa shape index (κ1) is 15.9. The number of hydrogen-bond donors (Lipinski definition) is 2. The van der Waals surface area contributed by atoms with Gasteiger partial charge in [0, 0.05) is 13.2 Å². The van der Waals surface area contributed by atoms with Gasteiger partial charge in [-0.15, -0.1) is 0 Å². The van der Waals surface area contributed by atoms with Gasteiger partial charge in [0.25, 0.3) is 5.56 Å². The lowest BCUT2D eigenvalue weighted by molar-refractivity contribution is 0.0685. The molecule has 0 radical (unpaired) electrons. The van der Waals surface area contributed by atoms with Gasteiger partial charge in [0.15, 0.2) is 0 Å². The lowest BCUT2D eigenvalue weighted by atomic mass is 10.2. The summed E-state index contributed by atoms with van der Waals surface area (Å²) in [6, 6.07) is 0. The summed E-state index contributed by atoms with van der Waals surface area (Å²) in [6.07, 6.45) is 3.62. The Hall–Kier alpha value is -1.93. The molecule has 0 bridgehead atoms. The van der Waals surface area contributed by atoms with Crippen LogP contribution in [0, 0.1) is 0 Å². The van der Waals surface area contributed by atoms with Crippen molar-refractivity contribution in [3.63, 3.8) is 0 Å². The summed E-state index contributed by atoms with van der Waals surface area (Å²) >= 11 is 0. The number of rotatable bonds is 5. The zero-order valence-corrected chi connectivity index (χ0v) is 12.9. The first-order valence-electron chi connectivity index (χ1n) is 7.99. The third-order valence-electron chi connectivity index (χ3n) is 4.49. The number of H-pyrrole nitrogens is 1. The van der Waals surface area contributed by atoms with Crippen LogP contribution in [0.4, 0.5) is 0 Å². The Kier molecular flexibility index (Phi) is 4.63. The molecule has 0 spiro atoms. The number of nitrogens with zero attached hydrogens (tertiary/aromatic N) is 2. The van der Waals surface area contributed by atoms with E-state index in [0.717, 1.165) is 43.3 Å². The molecule has 1 aromatic heterocycles. The highest BCUT2D eigenvalue weighted by Crippen LogP contribution is 2.14. The molecule has 3 heterocycles. The molecule has 0 amide bonds. The third kappa shape index (κ3) is 3.37. The van der Waals surface area contributed by atoms with Gasteiger partial charge in [-0.2, -0.15) is 0 Å². The maximum Gasteiger partial charge on any atom is 0.352 e. The second kappa shape index (κ2) is 6.67. The van der Waals surface area contributed by atoms with Crippen molar-refractivity contribution in [1.29, 1.82) is 0 Å². The highest BCUT2D eigenvalue weighted by atomic mass is 16.5. The second-order valence-electron chi connectivity index (χ2n) is 6.12. The summed E-state index contributed by atoms with van der Waals surface area (Å²) in [4.78, 5) is 40.6. The van der Waals surface area contributed by atoms with E-state index < -0.39 is 17.2 Å². The number of carboxylic acid groups (broad SMARTS) is 1. The van der Waals surface area contributed by atoms with Gasteiger partial charge in [0.1, 0.15) is 5.69 Å². The molecule has 1 aromatic rings. The SMILES string of the molecule is O=C(O)c1[nH]c(=O)n(CC2CCCO2)c(=O)c1CN1CCCC1. The maximum absolute atomic E-state index is 12.7. The summed E-state index contributed by atoms with van der Waals surface area (Å²) in [5.41, 5.74) is -1.35. The molecule has 2 aliphatic heterocycles. The van der Waals surface area contributed by atoms with Crippen molar-refractivity contribution in [2.45, 2.75) is 44.9 Å². The van der Waals surface area contributed by atoms with Gasteiger partial charge in [-0.3, -0.25) is 14.3 Å². The second-order valence-corrected chi connectivity index (χ2v) is 6.12. The van der Waals surface area contributed by atoms with E-state index in [1.54, 1.807) is 0 Å². The highest BCUT2D eigenvalue weighted by Gasteiger charge is 2.24. The molecule has 2 N–H and O–H groups in total. The van der Waals surface area contributed by atoms with Crippen LogP contribution in [0.1, 0.15) is 41.7 Å². The zero-order chi connectivity index (χ0) is 16.4. The topological polar surface area (TPSA) is 105 Å². The van der Waals surface area contributed by atoms with Crippen molar-refractivity contribution in [2.24, 2.45) is 0 Å². The Bertz CT molecular complexity index is 696. The van der Waals surface area contributed by atoms with Crippen molar-refractivity contribution in [3.8, 4) is 0 Å². The molecule has 8 nitrogen and oxygen atoms in total. The van der Waals surface area contributed by atoms with Crippen LogP contribution in [0.5, 0.6) is 0 Å². The largest absolute Gasteiger partial charge is 0.477 e. The van der Waals surface area contributed by atoms with Gasteiger partial charge >= 0.3 is 11.7 Å². The van der Waals surface area contributed by atoms with Crippen LogP contribution >= 0.6 is 0 Å². The zero-order valence-electron chi connectivity index (χ0n) is 12.9. The molecular weight excluding hydrogens is 302 g/mol. The van der Waals surface area contributed by atoms with Gasteiger partial charge in [0.2, 0.25) is 0 Å². The van der Waals surface area contributed by atoms with E-state index >= 15 is 0 Å². The average molecular weight is 323 g/mol. The molecule has 3 rings (SSSR count). The Morgan fingerprint density at radius 2 is 2.00 bits per heavy atom. The lowest BCUT2D eigenvalue weighted by Crippen LogP contribution is -2.43. The van der Waals surface area contributed by atoms with Crippen LogP contribution in [-0.2, 0) is 17.8 Å². The van der Waals surface area contributed by atoms with E-state index in [4.69, 9.17) is 4.74 Å². The number of carboxylic acids is 1. The Balaban J connectivity index is 1.97. The van der Waals surface area contributed by atoms with Crippen LogP contribution in [0.2, 0.25) is 0 Å². The number of nitrogens with one attached hydrogen (secondary N) is 1. The van der Waals surface area contributed by atoms with E-state index in [9.17, 15) is 19.5 Å². The number of carbonyl (C=O) groups is 1. The molecule has 2 saturated heterocycles. The van der Waals surface area contributed by atoms with Crippen molar-refractivity contribution in [3.05, 3.63) is 32.1 Å². The number of likely N-dealkylation sites (tertiary alicyclic amines) is 1. The fraction of sp³-hybridized carbons (Fsp3) is 0.667.